The Balaban J connectivity index is 1.82. The van der Waals surface area contributed by atoms with E-state index >= 15 is 0 Å². The second-order valence-electron chi connectivity index (χ2n) is 7.05. The van der Waals surface area contributed by atoms with Crippen LogP contribution >= 0.6 is 11.6 Å². The zero-order chi connectivity index (χ0) is 23.3. The van der Waals surface area contributed by atoms with Crippen molar-refractivity contribution in [1.29, 1.82) is 5.26 Å². The summed E-state index contributed by atoms with van der Waals surface area (Å²) in [6.45, 7) is 0.724. The number of benzene rings is 1. The maximum Gasteiger partial charge on any atom is 0.404 e. The van der Waals surface area contributed by atoms with E-state index in [-0.39, 0.29) is 10.5 Å². The Morgan fingerprint density at radius 1 is 1.25 bits per heavy atom. The van der Waals surface area contributed by atoms with Crippen LogP contribution in [0.25, 0.3) is 28.0 Å². The molecule has 11 heteroatoms. The fraction of sp³-hybridized carbons (Fsp3) is 0.143. The Bertz CT molecular complexity index is 1430. The number of nitriles is 1. The first-order valence-electron chi connectivity index (χ1n) is 9.21. The molecule has 4 rings (SSSR count). The highest BCUT2D eigenvalue weighted by Gasteiger charge is 2.38. The van der Waals surface area contributed by atoms with Crippen molar-refractivity contribution >= 4 is 38.4 Å². The summed E-state index contributed by atoms with van der Waals surface area (Å²) >= 11 is 6.10. The lowest BCUT2D eigenvalue weighted by Crippen LogP contribution is -2.42. The van der Waals surface area contributed by atoms with Crippen LogP contribution in [0, 0.1) is 11.3 Å². The van der Waals surface area contributed by atoms with E-state index in [1.807, 2.05) is 18.2 Å². The SMILES string of the molecule is C[C@H](NS(=O)(=O)c1ccc(-c2c(C#N)c3ncc(Cl)cc3n2C2=CC=C2)cc1)C(F)(F)F. The average molecular weight is 479 g/mol. The third-order valence-electron chi connectivity index (χ3n) is 4.94. The van der Waals surface area contributed by atoms with Gasteiger partial charge in [-0.05, 0) is 37.3 Å². The number of hydrogen-bond donors (Lipinski definition) is 1. The molecule has 32 heavy (non-hydrogen) atoms. The van der Waals surface area contributed by atoms with Gasteiger partial charge in [-0.15, -0.1) is 0 Å². The number of allylic oxidation sites excluding steroid dienone is 4. The van der Waals surface area contributed by atoms with Gasteiger partial charge >= 0.3 is 6.18 Å². The van der Waals surface area contributed by atoms with Gasteiger partial charge in [0.15, 0.2) is 0 Å². The molecule has 6 nitrogen and oxygen atoms in total. The van der Waals surface area contributed by atoms with E-state index in [0.29, 0.717) is 27.3 Å². The fourth-order valence-electron chi connectivity index (χ4n) is 3.27. The summed E-state index contributed by atoms with van der Waals surface area (Å²) in [6.07, 6.45) is 2.18. The molecule has 0 radical (unpaired) electrons. The largest absolute Gasteiger partial charge is 0.404 e. The number of nitrogens with one attached hydrogen (secondary N) is 1. The van der Waals surface area contributed by atoms with Crippen molar-refractivity contribution in [2.75, 3.05) is 0 Å². The number of alkyl halides is 3. The van der Waals surface area contributed by atoms with Gasteiger partial charge in [-0.2, -0.15) is 23.2 Å². The van der Waals surface area contributed by atoms with E-state index in [0.717, 1.165) is 12.6 Å². The molecule has 1 aliphatic rings. The van der Waals surface area contributed by atoms with E-state index in [2.05, 4.69) is 11.1 Å². The van der Waals surface area contributed by atoms with Crippen molar-refractivity contribution in [2.45, 2.75) is 24.0 Å². The Morgan fingerprint density at radius 2 is 1.91 bits per heavy atom. The number of aromatic nitrogens is 2. The number of fused-ring (bicyclic) bond motifs is 1. The smallest absolute Gasteiger partial charge is 0.306 e. The molecule has 0 unspecified atom stereocenters. The van der Waals surface area contributed by atoms with Crippen molar-refractivity contribution in [3.63, 3.8) is 0 Å². The van der Waals surface area contributed by atoms with E-state index in [4.69, 9.17) is 11.6 Å². The molecule has 1 N–H and O–H groups in total. The molecule has 3 aromatic rings. The Labute approximate surface area is 186 Å². The second-order valence-corrected chi connectivity index (χ2v) is 9.20. The van der Waals surface area contributed by atoms with Crippen LogP contribution in [0.4, 0.5) is 13.2 Å². The van der Waals surface area contributed by atoms with Crippen LogP contribution < -0.4 is 4.72 Å². The molecule has 2 heterocycles. The third-order valence-corrected chi connectivity index (χ3v) is 6.70. The monoisotopic (exact) mass is 478 g/mol. The summed E-state index contributed by atoms with van der Waals surface area (Å²) in [5.41, 5.74) is 3.00. The predicted molar refractivity (Wildman–Crippen MR) is 114 cm³/mol. The van der Waals surface area contributed by atoms with Gasteiger partial charge in [-0.1, -0.05) is 29.8 Å². The molecule has 1 aliphatic carbocycles. The van der Waals surface area contributed by atoms with E-state index < -0.39 is 22.2 Å². The van der Waals surface area contributed by atoms with Crippen molar-refractivity contribution < 1.29 is 21.6 Å². The Morgan fingerprint density at radius 3 is 2.44 bits per heavy atom. The van der Waals surface area contributed by atoms with Crippen LogP contribution in [0.2, 0.25) is 5.02 Å². The number of hydrogen-bond acceptors (Lipinski definition) is 4. The van der Waals surface area contributed by atoms with Crippen LogP contribution in [0.3, 0.4) is 0 Å². The van der Waals surface area contributed by atoms with Crippen LogP contribution in [-0.2, 0) is 10.0 Å². The average Bonchev–Trinajstić information content (AvgIpc) is 2.99. The highest BCUT2D eigenvalue weighted by Crippen LogP contribution is 2.37. The molecule has 164 valence electrons. The highest BCUT2D eigenvalue weighted by atomic mass is 35.5. The highest BCUT2D eigenvalue weighted by molar-refractivity contribution is 7.89. The van der Waals surface area contributed by atoms with Gasteiger partial charge in [0.2, 0.25) is 10.0 Å². The first-order chi connectivity index (χ1) is 15.0. The molecule has 0 aliphatic heterocycles. The minimum Gasteiger partial charge on any atom is -0.306 e. The number of nitrogens with zero attached hydrogens (tertiary/aromatic N) is 3. The quantitative estimate of drug-likeness (QED) is 0.566. The van der Waals surface area contributed by atoms with Crippen molar-refractivity contribution in [3.05, 3.63) is 65.3 Å². The molecule has 2 aromatic heterocycles. The van der Waals surface area contributed by atoms with Gasteiger partial charge < -0.3 is 4.57 Å². The zero-order valence-electron chi connectivity index (χ0n) is 16.4. The summed E-state index contributed by atoms with van der Waals surface area (Å²) in [7, 11) is -4.40. The molecule has 0 fully saturated rings. The normalized spacial score (nSPS) is 14.7. The first-order valence-corrected chi connectivity index (χ1v) is 11.1. The standard InChI is InChI=1S/C21H14ClF3N4O2S/c1-12(21(23,24)25)28-32(30,31)16-7-5-13(6-8-16)20-17(10-26)19-18(9-14(22)11-27-19)29(20)15-3-2-4-15/h2-9,11-12,28H,1H3/t12-/m0/s1. The van der Waals surface area contributed by atoms with Gasteiger partial charge in [-0.3, -0.25) is 4.98 Å². The minimum absolute atomic E-state index is 0.261. The molecule has 0 amide bonds. The molecule has 1 atom stereocenters. The van der Waals surface area contributed by atoms with E-state index in [9.17, 15) is 26.9 Å². The molecule has 1 aromatic carbocycles. The van der Waals surface area contributed by atoms with Gasteiger partial charge in [0.25, 0.3) is 0 Å². The van der Waals surface area contributed by atoms with Crippen LogP contribution in [0.1, 0.15) is 12.5 Å². The van der Waals surface area contributed by atoms with E-state index in [1.54, 1.807) is 15.4 Å². The number of halogens is 4. The third kappa shape index (κ3) is 3.79. The molecular formula is C21H14ClF3N4O2S. The lowest BCUT2D eigenvalue weighted by atomic mass is 10.1. The van der Waals surface area contributed by atoms with Crippen LogP contribution in [-0.4, -0.2) is 30.2 Å². The summed E-state index contributed by atoms with van der Waals surface area (Å²) in [6, 6.07) is 6.81. The van der Waals surface area contributed by atoms with Gasteiger partial charge in [0.1, 0.15) is 23.2 Å². The van der Waals surface area contributed by atoms with Gasteiger partial charge in [0.05, 0.1) is 21.1 Å². The lowest BCUT2D eigenvalue weighted by Gasteiger charge is -2.18. The first kappa shape index (κ1) is 22.1. The Hall–Kier alpha value is -3.13. The summed E-state index contributed by atoms with van der Waals surface area (Å²) in [5, 5.41) is 10.2. The molecule has 0 saturated heterocycles. The molecular weight excluding hydrogens is 465 g/mol. The maximum atomic E-state index is 12.8. The number of pyridine rings is 1. The van der Waals surface area contributed by atoms with Crippen molar-refractivity contribution in [2.24, 2.45) is 0 Å². The predicted octanol–water partition coefficient (Wildman–Crippen LogP) is 4.87. The van der Waals surface area contributed by atoms with Crippen molar-refractivity contribution in [1.82, 2.24) is 14.3 Å². The fourth-order valence-corrected chi connectivity index (χ4v) is 4.66. The summed E-state index contributed by atoms with van der Waals surface area (Å²) < 4.78 is 66.4. The minimum atomic E-state index is -4.71. The maximum absolute atomic E-state index is 12.8. The number of rotatable bonds is 5. The summed E-state index contributed by atoms with van der Waals surface area (Å²) in [5.74, 6) is 0. The lowest BCUT2D eigenvalue weighted by molar-refractivity contribution is -0.147. The van der Waals surface area contributed by atoms with Gasteiger partial charge in [-0.25, -0.2) is 8.42 Å². The molecule has 0 spiro atoms. The van der Waals surface area contributed by atoms with Crippen LogP contribution in [0.5, 0.6) is 0 Å². The molecule has 0 saturated carbocycles. The van der Waals surface area contributed by atoms with Crippen molar-refractivity contribution in [3.8, 4) is 17.3 Å². The Kier molecular flexibility index (Phi) is 5.36. The second kappa shape index (κ2) is 7.78. The van der Waals surface area contributed by atoms with Crippen LogP contribution in [0.15, 0.2) is 59.7 Å². The zero-order valence-corrected chi connectivity index (χ0v) is 17.9. The topological polar surface area (TPSA) is 87.8 Å². The molecule has 0 bridgehead atoms. The number of sulfonamides is 1. The van der Waals surface area contributed by atoms with Gasteiger partial charge in [0, 0.05) is 17.5 Å². The summed E-state index contributed by atoms with van der Waals surface area (Å²) in [4.78, 5) is 3.94. The van der Waals surface area contributed by atoms with E-state index in [1.165, 1.54) is 30.5 Å².